The van der Waals surface area contributed by atoms with E-state index in [4.69, 9.17) is 9.47 Å². The van der Waals surface area contributed by atoms with Crippen molar-refractivity contribution in [3.05, 3.63) is 95.6 Å². The minimum absolute atomic E-state index is 0.0118. The number of rotatable bonds is 8. The standard InChI is InChI=1S/C40H43N3O7Si/c1-24-37(51(3,4)48)34(21-35(45)41-18-8-13-28(41)23-44)50-40(24)31-20-29(49-2)16-17-32(31)42(39(40)47)22-25-9-5-12-27(19-25)43-33-15-7-11-26-10-6-14-30(36(26)33)38(43)46/h5-7,9-12,14-17,19-20,24,28,34,37,44,48H,8,13,18,21-23H2,1-4H3/t24-,28-,34+,37-,40+/m0/s1. The lowest BCUT2D eigenvalue weighted by Crippen LogP contribution is -2.46. The molecule has 10 nitrogen and oxygen atoms in total. The van der Waals surface area contributed by atoms with Gasteiger partial charge in [-0.3, -0.25) is 19.3 Å². The molecule has 0 aliphatic carbocycles. The van der Waals surface area contributed by atoms with Gasteiger partial charge in [0.15, 0.2) is 13.9 Å². The van der Waals surface area contributed by atoms with Gasteiger partial charge < -0.3 is 29.2 Å². The predicted octanol–water partition coefficient (Wildman–Crippen LogP) is 5.86. The Bertz CT molecular complexity index is 2080. The molecule has 2 saturated heterocycles. The van der Waals surface area contributed by atoms with E-state index in [1.54, 1.807) is 21.8 Å². The van der Waals surface area contributed by atoms with E-state index >= 15 is 4.79 Å². The normalized spacial score (nSPS) is 25.5. The number of carbonyl (C=O) groups is 3. The van der Waals surface area contributed by atoms with Crippen LogP contribution in [0.3, 0.4) is 0 Å². The lowest BCUT2D eigenvalue weighted by atomic mass is 9.82. The molecule has 2 fully saturated rings. The highest BCUT2D eigenvalue weighted by atomic mass is 28.4. The molecule has 3 amide bonds. The Morgan fingerprint density at radius 2 is 1.78 bits per heavy atom. The van der Waals surface area contributed by atoms with E-state index in [0.29, 0.717) is 34.8 Å². The van der Waals surface area contributed by atoms with E-state index in [0.717, 1.165) is 34.9 Å². The largest absolute Gasteiger partial charge is 0.497 e. The number of ether oxygens (including phenoxy) is 2. The fourth-order valence-corrected chi connectivity index (χ4v) is 11.9. The first-order valence-corrected chi connectivity index (χ1v) is 20.8. The van der Waals surface area contributed by atoms with Gasteiger partial charge in [-0.05, 0) is 79.3 Å². The molecule has 51 heavy (non-hydrogen) atoms. The van der Waals surface area contributed by atoms with Crippen molar-refractivity contribution in [3.8, 4) is 5.75 Å². The second kappa shape index (κ2) is 12.3. The summed E-state index contributed by atoms with van der Waals surface area (Å²) in [4.78, 5) is 59.3. The highest BCUT2D eigenvalue weighted by molar-refractivity contribution is 6.71. The topological polar surface area (TPSA) is 120 Å². The molecule has 0 bridgehead atoms. The number of nitrogens with zero attached hydrogens (tertiary/aromatic N) is 3. The monoisotopic (exact) mass is 705 g/mol. The van der Waals surface area contributed by atoms with Gasteiger partial charge in [-0.15, -0.1) is 0 Å². The lowest BCUT2D eigenvalue weighted by molar-refractivity contribution is -0.150. The molecule has 8 rings (SSSR count). The van der Waals surface area contributed by atoms with Crippen molar-refractivity contribution < 1.29 is 33.8 Å². The quantitative estimate of drug-likeness (QED) is 0.221. The fourth-order valence-electron chi connectivity index (χ4n) is 9.33. The van der Waals surface area contributed by atoms with Crippen molar-refractivity contribution in [2.24, 2.45) is 5.92 Å². The maximum atomic E-state index is 15.0. The Labute approximate surface area is 298 Å². The van der Waals surface area contributed by atoms with Crippen LogP contribution < -0.4 is 14.5 Å². The van der Waals surface area contributed by atoms with Gasteiger partial charge in [-0.25, -0.2) is 0 Å². The van der Waals surface area contributed by atoms with E-state index in [9.17, 15) is 19.5 Å². The number of carbonyl (C=O) groups excluding carboxylic acids is 3. The third-order valence-corrected chi connectivity index (χ3v) is 14.0. The van der Waals surface area contributed by atoms with Gasteiger partial charge in [0.05, 0.1) is 55.8 Å². The number of hydrogen-bond donors (Lipinski definition) is 2. The smallest absolute Gasteiger partial charge is 0.264 e. The minimum atomic E-state index is -3.00. The number of hydrogen-bond acceptors (Lipinski definition) is 7. The van der Waals surface area contributed by atoms with Crippen LogP contribution in [0.1, 0.15) is 47.7 Å². The summed E-state index contributed by atoms with van der Waals surface area (Å²) >= 11 is 0. The zero-order chi connectivity index (χ0) is 35.8. The second-order valence-corrected chi connectivity index (χ2v) is 18.9. The summed E-state index contributed by atoms with van der Waals surface area (Å²) in [5.41, 5.74) is 2.48. The SMILES string of the molecule is COc1ccc2c(c1)[C@@]1(O[C@H](CC(=O)N3CCC[C@H]3CO)[C@@H]([Si](C)(C)O)[C@@H]1C)C(=O)N2Cc1cccc(N2C(=O)c3cccc4cccc2c34)c1. The molecule has 0 unspecified atom stereocenters. The zero-order valence-corrected chi connectivity index (χ0v) is 30.3. The minimum Gasteiger partial charge on any atom is -0.497 e. The van der Waals surface area contributed by atoms with Gasteiger partial charge in [0.25, 0.3) is 11.8 Å². The van der Waals surface area contributed by atoms with Crippen molar-refractivity contribution in [1.82, 2.24) is 4.90 Å². The second-order valence-electron chi connectivity index (χ2n) is 14.9. The first-order chi connectivity index (χ1) is 24.5. The van der Waals surface area contributed by atoms with Crippen molar-refractivity contribution in [3.63, 3.8) is 0 Å². The van der Waals surface area contributed by atoms with Crippen LogP contribution in [0.25, 0.3) is 10.8 Å². The highest BCUT2D eigenvalue weighted by Gasteiger charge is 2.66. The molecule has 0 aromatic heterocycles. The molecule has 0 saturated carbocycles. The van der Waals surface area contributed by atoms with Crippen LogP contribution in [0.4, 0.5) is 17.1 Å². The van der Waals surface area contributed by atoms with E-state index in [1.807, 2.05) is 98.9 Å². The highest BCUT2D eigenvalue weighted by Crippen LogP contribution is 2.60. The van der Waals surface area contributed by atoms with Crippen LogP contribution >= 0.6 is 0 Å². The van der Waals surface area contributed by atoms with Crippen LogP contribution in [-0.2, 0) is 26.5 Å². The van der Waals surface area contributed by atoms with E-state index < -0.39 is 31.5 Å². The van der Waals surface area contributed by atoms with Gasteiger partial charge in [-0.1, -0.05) is 43.3 Å². The first-order valence-electron chi connectivity index (χ1n) is 17.7. The van der Waals surface area contributed by atoms with Crippen LogP contribution in [-0.4, -0.2) is 73.2 Å². The number of benzene rings is 4. The Hall–Kier alpha value is -4.55. The molecule has 4 heterocycles. The molecule has 2 N–H and O–H groups in total. The summed E-state index contributed by atoms with van der Waals surface area (Å²) in [6.07, 6.45) is 0.880. The van der Waals surface area contributed by atoms with Crippen molar-refractivity contribution >= 4 is 53.9 Å². The molecule has 11 heteroatoms. The number of amides is 3. The summed E-state index contributed by atoms with van der Waals surface area (Å²) < 4.78 is 12.5. The first kappa shape index (κ1) is 33.6. The molecule has 4 aliphatic rings. The Morgan fingerprint density at radius 1 is 1.02 bits per heavy atom. The maximum Gasteiger partial charge on any atom is 0.264 e. The van der Waals surface area contributed by atoms with Crippen molar-refractivity contribution in [2.45, 2.75) is 69.1 Å². The van der Waals surface area contributed by atoms with Gasteiger partial charge in [0.2, 0.25) is 5.91 Å². The number of aliphatic hydroxyl groups is 1. The maximum absolute atomic E-state index is 15.0. The number of methoxy groups -OCH3 is 1. The third kappa shape index (κ3) is 5.12. The summed E-state index contributed by atoms with van der Waals surface area (Å²) in [5, 5.41) is 11.8. The molecule has 4 aliphatic heterocycles. The van der Waals surface area contributed by atoms with Crippen molar-refractivity contribution in [2.75, 3.05) is 30.1 Å². The Balaban J connectivity index is 1.15. The number of fused-ring (bicyclic) bond motifs is 2. The van der Waals surface area contributed by atoms with Gasteiger partial charge in [0, 0.05) is 34.6 Å². The molecule has 1 spiro atoms. The van der Waals surface area contributed by atoms with E-state index in [-0.39, 0.29) is 43.3 Å². The average Bonchev–Trinajstić information content (AvgIpc) is 3.85. The van der Waals surface area contributed by atoms with Gasteiger partial charge in [0.1, 0.15) is 5.75 Å². The number of aliphatic hydroxyl groups excluding tert-OH is 1. The molecule has 4 aromatic rings. The molecule has 0 radical (unpaired) electrons. The average molecular weight is 706 g/mol. The van der Waals surface area contributed by atoms with Crippen molar-refractivity contribution in [1.29, 1.82) is 0 Å². The van der Waals surface area contributed by atoms with Gasteiger partial charge in [-0.2, -0.15) is 0 Å². The summed E-state index contributed by atoms with van der Waals surface area (Å²) in [7, 11) is -1.43. The molecular weight excluding hydrogens is 663 g/mol. The molecule has 5 atom stereocenters. The Morgan fingerprint density at radius 3 is 2.53 bits per heavy atom. The summed E-state index contributed by atoms with van der Waals surface area (Å²) in [6, 6.07) is 24.7. The van der Waals surface area contributed by atoms with Crippen LogP contribution in [0, 0.1) is 5.92 Å². The Kier molecular flexibility index (Phi) is 8.10. The molecular formula is C40H43N3O7Si. The molecule has 4 aromatic carbocycles. The zero-order valence-electron chi connectivity index (χ0n) is 29.3. The predicted molar refractivity (Wildman–Crippen MR) is 197 cm³/mol. The van der Waals surface area contributed by atoms with Gasteiger partial charge >= 0.3 is 0 Å². The molecule has 264 valence electrons. The third-order valence-electron chi connectivity index (χ3n) is 11.5. The van der Waals surface area contributed by atoms with Crippen LogP contribution in [0.15, 0.2) is 78.9 Å². The fraction of sp³-hybridized carbons (Fsp3) is 0.375. The van der Waals surface area contributed by atoms with Crippen LogP contribution in [0.5, 0.6) is 5.75 Å². The van der Waals surface area contributed by atoms with E-state index in [2.05, 4.69) is 0 Å². The summed E-state index contributed by atoms with van der Waals surface area (Å²) in [6.45, 7) is 6.32. The van der Waals surface area contributed by atoms with Crippen LogP contribution in [0.2, 0.25) is 18.6 Å². The summed E-state index contributed by atoms with van der Waals surface area (Å²) in [5.74, 6) is -0.372. The van der Waals surface area contributed by atoms with E-state index in [1.165, 1.54) is 0 Å². The lowest BCUT2D eigenvalue weighted by Gasteiger charge is -2.33. The number of anilines is 3. The number of likely N-dealkylation sites (tertiary alicyclic amines) is 1.